The average molecular weight is 565 g/mol. The van der Waals surface area contributed by atoms with Crippen LogP contribution in [-0.4, -0.2) is 27.4 Å². The van der Waals surface area contributed by atoms with Crippen LogP contribution in [0.4, 0.5) is 5.82 Å². The van der Waals surface area contributed by atoms with Crippen molar-refractivity contribution in [3.63, 3.8) is 0 Å². The van der Waals surface area contributed by atoms with Gasteiger partial charge >= 0.3 is 0 Å². The molecule has 0 aliphatic carbocycles. The largest absolute Gasteiger partial charge is 0.496 e. The lowest BCUT2D eigenvalue weighted by atomic mass is 10.2. The van der Waals surface area contributed by atoms with Crippen molar-refractivity contribution in [1.29, 1.82) is 0 Å². The fourth-order valence-electron chi connectivity index (χ4n) is 4.04. The van der Waals surface area contributed by atoms with E-state index >= 15 is 0 Å². The Bertz CT molecular complexity index is 1670. The van der Waals surface area contributed by atoms with Crippen LogP contribution < -0.4 is 15.6 Å². The van der Waals surface area contributed by atoms with Gasteiger partial charge in [-0.1, -0.05) is 47.5 Å². The number of methoxy groups -OCH3 is 1. The minimum Gasteiger partial charge on any atom is -0.496 e. The first-order valence-corrected chi connectivity index (χ1v) is 13.2. The van der Waals surface area contributed by atoms with Crippen molar-refractivity contribution >= 4 is 46.3 Å². The second kappa shape index (κ2) is 11.3. The van der Waals surface area contributed by atoms with E-state index in [0.717, 1.165) is 10.4 Å². The van der Waals surface area contributed by atoms with E-state index in [9.17, 15) is 9.59 Å². The van der Waals surface area contributed by atoms with Gasteiger partial charge in [-0.25, -0.2) is 0 Å². The zero-order valence-electron chi connectivity index (χ0n) is 20.2. The van der Waals surface area contributed by atoms with Crippen LogP contribution in [-0.2, 0) is 13.1 Å². The number of anilines is 1. The predicted molar refractivity (Wildman–Crippen MR) is 152 cm³/mol. The summed E-state index contributed by atoms with van der Waals surface area (Å²) >= 11 is 13.6. The summed E-state index contributed by atoms with van der Waals surface area (Å²) in [4.78, 5) is 28.0. The summed E-state index contributed by atoms with van der Waals surface area (Å²) in [6.45, 7) is 0.772. The molecule has 0 unspecified atom stereocenters. The molecule has 2 aromatic carbocycles. The highest BCUT2D eigenvalue weighted by Gasteiger charge is 2.21. The van der Waals surface area contributed by atoms with Gasteiger partial charge in [0.1, 0.15) is 17.3 Å². The Morgan fingerprint density at radius 3 is 2.63 bits per heavy atom. The summed E-state index contributed by atoms with van der Waals surface area (Å²) in [7, 11) is 1.51. The molecule has 0 saturated heterocycles. The Morgan fingerprint density at radius 1 is 1.03 bits per heavy atom. The maximum atomic E-state index is 13.6. The summed E-state index contributed by atoms with van der Waals surface area (Å²) in [5.74, 6) is 0.467. The molecular formula is C28H22Cl2N4O3S. The predicted octanol–water partition coefficient (Wildman–Crippen LogP) is 6.44. The number of thiophene rings is 1. The lowest BCUT2D eigenvalue weighted by Crippen LogP contribution is -2.22. The normalized spacial score (nSPS) is 10.9. The first-order chi connectivity index (χ1) is 18.4. The van der Waals surface area contributed by atoms with Gasteiger partial charge in [-0.2, -0.15) is 9.78 Å². The molecule has 0 bridgehead atoms. The van der Waals surface area contributed by atoms with E-state index in [1.54, 1.807) is 59.3 Å². The number of para-hydroxylation sites is 1. The van der Waals surface area contributed by atoms with Crippen molar-refractivity contribution in [3.8, 4) is 17.0 Å². The monoisotopic (exact) mass is 564 g/mol. The number of halogens is 2. The van der Waals surface area contributed by atoms with Gasteiger partial charge in [-0.05, 0) is 54.1 Å². The van der Waals surface area contributed by atoms with Crippen LogP contribution in [0.15, 0.2) is 89.9 Å². The number of aromatic nitrogens is 3. The second-order valence-corrected chi connectivity index (χ2v) is 10.6. The Labute approximate surface area is 232 Å². The molecule has 1 N–H and O–H groups in total. The van der Waals surface area contributed by atoms with Crippen LogP contribution in [0.1, 0.15) is 20.8 Å². The van der Waals surface area contributed by atoms with Crippen molar-refractivity contribution in [1.82, 2.24) is 14.3 Å². The Balaban J connectivity index is 1.54. The third-order valence-corrected chi connectivity index (χ3v) is 7.32. The van der Waals surface area contributed by atoms with Gasteiger partial charge in [0.05, 0.1) is 35.7 Å². The molecule has 3 aromatic heterocycles. The highest BCUT2D eigenvalue weighted by molar-refractivity contribution is 7.16. The van der Waals surface area contributed by atoms with Crippen LogP contribution in [0.5, 0.6) is 5.75 Å². The van der Waals surface area contributed by atoms with E-state index in [2.05, 4.69) is 10.4 Å². The van der Waals surface area contributed by atoms with E-state index in [1.807, 2.05) is 30.3 Å². The standard InChI is InChI=1S/C28H22Cl2N4O3S/c1-37-24-10-3-2-8-22(24)28(36)34-26(31-16-20-11-12-25(30)38-20)15-23(32-34)21-9-5-13-33(27(21)35)17-18-6-4-7-19(29)14-18/h2-15,31H,16-17H2,1H3. The molecule has 0 amide bonds. The number of benzene rings is 2. The number of ether oxygens (including phenoxy) is 1. The summed E-state index contributed by atoms with van der Waals surface area (Å²) in [6, 6.07) is 23.2. The number of rotatable bonds is 8. The van der Waals surface area contributed by atoms with E-state index in [4.69, 9.17) is 27.9 Å². The van der Waals surface area contributed by atoms with Crippen LogP contribution in [0.2, 0.25) is 9.36 Å². The molecule has 5 aromatic rings. The molecule has 5 rings (SSSR count). The number of nitrogens with zero attached hydrogens (tertiary/aromatic N) is 3. The fraction of sp³-hybridized carbons (Fsp3) is 0.107. The number of carbonyl (C=O) groups excluding carboxylic acids is 1. The number of carbonyl (C=O) groups is 1. The molecule has 0 fully saturated rings. The fourth-order valence-corrected chi connectivity index (χ4v) is 5.28. The van der Waals surface area contributed by atoms with Gasteiger partial charge in [0.15, 0.2) is 0 Å². The van der Waals surface area contributed by atoms with Gasteiger partial charge in [0, 0.05) is 22.2 Å². The maximum absolute atomic E-state index is 13.6. The molecule has 7 nitrogen and oxygen atoms in total. The first kappa shape index (κ1) is 25.8. The Morgan fingerprint density at radius 2 is 1.87 bits per heavy atom. The smallest absolute Gasteiger partial charge is 0.283 e. The van der Waals surface area contributed by atoms with Crippen LogP contribution >= 0.6 is 34.5 Å². The molecule has 0 radical (unpaired) electrons. The number of hydrogen-bond acceptors (Lipinski definition) is 6. The summed E-state index contributed by atoms with van der Waals surface area (Å²) in [5.41, 5.74) is 1.73. The van der Waals surface area contributed by atoms with Gasteiger partial charge in [0.25, 0.3) is 11.5 Å². The van der Waals surface area contributed by atoms with Crippen molar-refractivity contribution < 1.29 is 9.53 Å². The topological polar surface area (TPSA) is 78.2 Å². The second-order valence-electron chi connectivity index (χ2n) is 8.38. The lowest BCUT2D eigenvalue weighted by Gasteiger charge is -2.10. The molecule has 38 heavy (non-hydrogen) atoms. The van der Waals surface area contributed by atoms with E-state index in [-0.39, 0.29) is 5.56 Å². The molecule has 0 saturated carbocycles. The lowest BCUT2D eigenvalue weighted by molar-refractivity contribution is 0.0945. The molecule has 0 spiro atoms. The minimum atomic E-state index is -0.393. The van der Waals surface area contributed by atoms with Crippen molar-refractivity contribution in [2.24, 2.45) is 0 Å². The van der Waals surface area contributed by atoms with E-state index in [0.29, 0.717) is 50.8 Å². The molecular weight excluding hydrogens is 543 g/mol. The first-order valence-electron chi connectivity index (χ1n) is 11.6. The van der Waals surface area contributed by atoms with Gasteiger partial charge < -0.3 is 14.6 Å². The van der Waals surface area contributed by atoms with Gasteiger partial charge in [0.2, 0.25) is 0 Å². The highest BCUT2D eigenvalue weighted by atomic mass is 35.5. The van der Waals surface area contributed by atoms with Crippen LogP contribution in [0.25, 0.3) is 11.3 Å². The molecule has 0 atom stereocenters. The zero-order chi connectivity index (χ0) is 26.6. The van der Waals surface area contributed by atoms with Gasteiger partial charge in [-0.3, -0.25) is 9.59 Å². The zero-order valence-corrected chi connectivity index (χ0v) is 22.6. The average Bonchev–Trinajstić information content (AvgIpc) is 3.54. The van der Waals surface area contributed by atoms with E-state index < -0.39 is 5.91 Å². The van der Waals surface area contributed by atoms with Crippen molar-refractivity contribution in [2.45, 2.75) is 13.1 Å². The summed E-state index contributed by atoms with van der Waals surface area (Å²) < 4.78 is 8.91. The quantitative estimate of drug-likeness (QED) is 0.234. The Kier molecular flexibility index (Phi) is 7.64. The molecule has 0 aliphatic rings. The molecule has 3 heterocycles. The van der Waals surface area contributed by atoms with Gasteiger partial charge in [-0.15, -0.1) is 11.3 Å². The molecule has 10 heteroatoms. The summed E-state index contributed by atoms with van der Waals surface area (Å²) in [5, 5.41) is 8.43. The minimum absolute atomic E-state index is 0.238. The van der Waals surface area contributed by atoms with E-state index in [1.165, 1.54) is 23.1 Å². The molecule has 192 valence electrons. The van der Waals surface area contributed by atoms with Crippen molar-refractivity contribution in [2.75, 3.05) is 12.4 Å². The Hall–Kier alpha value is -3.85. The number of nitrogens with one attached hydrogen (secondary N) is 1. The van der Waals surface area contributed by atoms with Crippen LogP contribution in [0, 0.1) is 0 Å². The third kappa shape index (κ3) is 5.52. The highest BCUT2D eigenvalue weighted by Crippen LogP contribution is 2.26. The summed E-state index contributed by atoms with van der Waals surface area (Å²) in [6.07, 6.45) is 1.71. The number of hydrogen-bond donors (Lipinski definition) is 1. The number of pyridine rings is 1. The molecule has 0 aliphatic heterocycles. The van der Waals surface area contributed by atoms with Crippen LogP contribution in [0.3, 0.4) is 0 Å². The third-order valence-electron chi connectivity index (χ3n) is 5.85. The maximum Gasteiger partial charge on any atom is 0.283 e. The SMILES string of the molecule is COc1ccccc1C(=O)n1nc(-c2cccn(Cc3cccc(Cl)c3)c2=O)cc1NCc1ccc(Cl)s1. The van der Waals surface area contributed by atoms with Crippen molar-refractivity contribution in [3.05, 3.63) is 121 Å².